The number of hydrogen-bond donors (Lipinski definition) is 0. The molecule has 0 spiro atoms. The molecular formula is C7H14F10. The van der Waals surface area contributed by atoms with Gasteiger partial charge >= 0.3 is 0 Å². The van der Waals surface area contributed by atoms with E-state index in [1.54, 1.807) is 0 Å². The van der Waals surface area contributed by atoms with E-state index in [0.29, 0.717) is 0 Å². The van der Waals surface area contributed by atoms with Crippen LogP contribution in [0.3, 0.4) is 0 Å². The molecule has 0 saturated carbocycles. The molecule has 0 aromatic rings. The Labute approximate surface area is 92.9 Å². The van der Waals surface area contributed by atoms with Crippen molar-refractivity contribution in [2.45, 2.75) is 0 Å². The van der Waals surface area contributed by atoms with Crippen LogP contribution in [0.4, 0.5) is 43.9 Å². The molecule has 0 aromatic carbocycles. The summed E-state index contributed by atoms with van der Waals surface area (Å²) in [5.41, 5.74) is 0. The fourth-order valence-corrected chi connectivity index (χ4v) is 0. The van der Waals surface area contributed by atoms with Crippen molar-refractivity contribution in [2.24, 2.45) is 0 Å². The Morgan fingerprint density at radius 1 is 0.353 bits per heavy atom. The topological polar surface area (TPSA) is 0 Å². The van der Waals surface area contributed by atoms with Gasteiger partial charge in [-0.3, -0.25) is 0 Å². The maximum Gasteiger partial charge on any atom is 0.229 e. The van der Waals surface area contributed by atoms with Gasteiger partial charge in [0, 0.05) is 0 Å². The molecule has 10 heteroatoms. The van der Waals surface area contributed by atoms with Crippen molar-refractivity contribution in [3.63, 3.8) is 0 Å². The summed E-state index contributed by atoms with van der Waals surface area (Å²) < 4.78 is 96.2. The summed E-state index contributed by atoms with van der Waals surface area (Å²) >= 11 is 0. The maximum absolute atomic E-state index is 9.62. The standard InChI is InChI=1S/C2H4.5CH2F2/c1-2;5*2-1-3/h1-2H2;5*1H2. The number of hydrogen-bond acceptors (Lipinski definition) is 0. The lowest BCUT2D eigenvalue weighted by Crippen LogP contribution is -1.34. The van der Waals surface area contributed by atoms with Gasteiger partial charge in [0.15, 0.2) is 0 Å². The van der Waals surface area contributed by atoms with Crippen LogP contribution < -0.4 is 0 Å². The minimum Gasteiger partial charge on any atom is -0.214 e. The van der Waals surface area contributed by atoms with Crippen molar-refractivity contribution in [1.82, 2.24) is 0 Å². The smallest absolute Gasteiger partial charge is 0.214 e. The van der Waals surface area contributed by atoms with Crippen LogP contribution in [0.5, 0.6) is 0 Å². The quantitative estimate of drug-likeness (QED) is 0.423. The molecule has 0 aliphatic heterocycles. The Balaban J connectivity index is -0.0000000215. The van der Waals surface area contributed by atoms with Crippen LogP contribution in [0.15, 0.2) is 13.2 Å². The van der Waals surface area contributed by atoms with Gasteiger partial charge in [-0.2, -0.15) is 0 Å². The SMILES string of the molecule is C=C.FCF.FCF.FCF.FCF.FCF. The third-order valence-corrected chi connectivity index (χ3v) is 0. The molecule has 0 saturated heterocycles. The van der Waals surface area contributed by atoms with Gasteiger partial charge in [-0.1, -0.05) is 0 Å². The molecule has 0 rings (SSSR count). The first-order chi connectivity index (χ1) is 8.07. The summed E-state index contributed by atoms with van der Waals surface area (Å²) in [5.74, 6) is 0. The Hall–Kier alpha value is -0.960. The second kappa shape index (κ2) is 182. The largest absolute Gasteiger partial charge is 0.229 e. The molecular weight excluding hydrogens is 274 g/mol. The summed E-state index contributed by atoms with van der Waals surface area (Å²) in [6, 6.07) is 0. The molecule has 0 aliphatic carbocycles. The molecule has 0 radical (unpaired) electrons. The van der Waals surface area contributed by atoms with Crippen molar-refractivity contribution in [1.29, 1.82) is 0 Å². The highest BCUT2D eigenvalue weighted by Gasteiger charge is 1.45. The fraction of sp³-hybridized carbons (Fsp3) is 0.714. The molecule has 0 aliphatic rings. The van der Waals surface area contributed by atoms with Crippen LogP contribution in [0.2, 0.25) is 0 Å². The van der Waals surface area contributed by atoms with Crippen LogP contribution in [0.1, 0.15) is 0 Å². The van der Waals surface area contributed by atoms with Crippen LogP contribution in [-0.4, -0.2) is 34.6 Å². The van der Waals surface area contributed by atoms with Gasteiger partial charge in [-0.05, 0) is 0 Å². The van der Waals surface area contributed by atoms with Crippen molar-refractivity contribution >= 4 is 0 Å². The van der Waals surface area contributed by atoms with Gasteiger partial charge < -0.3 is 0 Å². The molecule has 0 heterocycles. The van der Waals surface area contributed by atoms with Gasteiger partial charge in [0.2, 0.25) is 34.6 Å². The predicted octanol–water partition coefficient (Wildman–Crippen LogP) is 5.22. The molecule has 0 unspecified atom stereocenters. The first kappa shape index (κ1) is 36.0. The highest BCUT2D eigenvalue weighted by molar-refractivity contribution is 4.22. The zero-order valence-corrected chi connectivity index (χ0v) is 8.73. The second-order valence-electron chi connectivity index (χ2n) is 0.505. The summed E-state index contributed by atoms with van der Waals surface area (Å²) in [6.07, 6.45) is 0. The molecule has 0 nitrogen and oxygen atoms in total. The number of halogens is 10. The summed E-state index contributed by atoms with van der Waals surface area (Å²) in [7, 11) is 0. The van der Waals surface area contributed by atoms with Crippen LogP contribution >= 0.6 is 0 Å². The predicted molar refractivity (Wildman–Crippen MR) is 46.7 cm³/mol. The van der Waals surface area contributed by atoms with E-state index < -0.39 is 34.6 Å². The van der Waals surface area contributed by atoms with Gasteiger partial charge in [0.05, 0.1) is 0 Å². The lowest BCUT2D eigenvalue weighted by Gasteiger charge is -1.42. The zero-order chi connectivity index (χ0) is 15.5. The normalized spacial score (nSPS) is 5.53. The highest BCUT2D eigenvalue weighted by Crippen LogP contribution is 1.57. The van der Waals surface area contributed by atoms with E-state index in [-0.39, 0.29) is 0 Å². The molecule has 0 N–H and O–H groups in total. The van der Waals surface area contributed by atoms with Gasteiger partial charge in [-0.25, -0.2) is 43.9 Å². The van der Waals surface area contributed by atoms with Crippen molar-refractivity contribution < 1.29 is 43.9 Å². The Kier molecular flexibility index (Phi) is 385. The van der Waals surface area contributed by atoms with E-state index in [0.717, 1.165) is 0 Å². The van der Waals surface area contributed by atoms with E-state index in [4.69, 9.17) is 0 Å². The van der Waals surface area contributed by atoms with Crippen LogP contribution in [0, 0.1) is 0 Å². The van der Waals surface area contributed by atoms with Crippen LogP contribution in [0.25, 0.3) is 0 Å². The lowest BCUT2D eigenvalue weighted by molar-refractivity contribution is 0.295. The van der Waals surface area contributed by atoms with Crippen LogP contribution in [-0.2, 0) is 0 Å². The second-order valence-corrected chi connectivity index (χ2v) is 0.505. The number of alkyl halides is 10. The minimum absolute atomic E-state index is 1.75. The first-order valence-corrected chi connectivity index (χ1v) is 3.17. The van der Waals surface area contributed by atoms with Gasteiger partial charge in [0.1, 0.15) is 0 Å². The third kappa shape index (κ3) is 2770. The van der Waals surface area contributed by atoms with Crippen molar-refractivity contribution in [3.05, 3.63) is 13.2 Å². The van der Waals surface area contributed by atoms with Gasteiger partial charge in [0.25, 0.3) is 0 Å². The first-order valence-electron chi connectivity index (χ1n) is 3.17. The molecule has 0 amide bonds. The Bertz CT molecular complexity index is 36.0. The average molecular weight is 288 g/mol. The average Bonchev–Trinajstić information content (AvgIpc) is 2.25. The summed E-state index contributed by atoms with van der Waals surface area (Å²) in [5, 5.41) is 0. The van der Waals surface area contributed by atoms with E-state index in [1.807, 2.05) is 0 Å². The summed E-state index contributed by atoms with van der Waals surface area (Å²) in [4.78, 5) is 0. The van der Waals surface area contributed by atoms with E-state index in [9.17, 15) is 43.9 Å². The number of rotatable bonds is 0. The molecule has 0 fully saturated rings. The molecule has 0 bridgehead atoms. The van der Waals surface area contributed by atoms with Crippen molar-refractivity contribution in [2.75, 3.05) is 34.6 Å². The van der Waals surface area contributed by atoms with Gasteiger partial charge in [-0.15, -0.1) is 13.2 Å². The fourth-order valence-electron chi connectivity index (χ4n) is 0. The summed E-state index contributed by atoms with van der Waals surface area (Å²) in [6.45, 7) is -2.75. The molecule has 112 valence electrons. The lowest BCUT2D eigenvalue weighted by atomic mass is 11.3. The molecule has 0 atom stereocenters. The highest BCUT2D eigenvalue weighted by atomic mass is 19.3. The van der Waals surface area contributed by atoms with E-state index in [1.165, 1.54) is 0 Å². The Morgan fingerprint density at radius 2 is 0.353 bits per heavy atom. The third-order valence-electron chi connectivity index (χ3n) is 0. The monoisotopic (exact) mass is 288 g/mol. The molecule has 17 heavy (non-hydrogen) atoms. The zero-order valence-electron chi connectivity index (χ0n) is 8.73. The van der Waals surface area contributed by atoms with E-state index in [2.05, 4.69) is 13.2 Å². The molecule has 0 aromatic heterocycles. The minimum atomic E-state index is -1.75. The van der Waals surface area contributed by atoms with Crippen molar-refractivity contribution in [3.8, 4) is 0 Å². The maximum atomic E-state index is 9.62. The Morgan fingerprint density at radius 3 is 0.353 bits per heavy atom. The van der Waals surface area contributed by atoms with E-state index >= 15 is 0 Å².